The maximum atomic E-state index is 6.24. The van der Waals surface area contributed by atoms with Crippen LogP contribution in [0.5, 0.6) is 0 Å². The molecule has 0 saturated carbocycles. The summed E-state index contributed by atoms with van der Waals surface area (Å²) in [6.45, 7) is 0. The van der Waals surface area contributed by atoms with Crippen LogP contribution < -0.4 is 11.3 Å². The summed E-state index contributed by atoms with van der Waals surface area (Å²) in [5, 5.41) is 1.44. The molecule has 0 bridgehead atoms. The summed E-state index contributed by atoms with van der Waals surface area (Å²) in [5.41, 5.74) is 6.77. The molecule has 3 rings (SSSR count). The van der Waals surface area contributed by atoms with E-state index in [1.54, 1.807) is 6.07 Å². The third-order valence-corrected chi connectivity index (χ3v) is 4.65. The monoisotopic (exact) mass is 306 g/mol. The Morgan fingerprint density at radius 2 is 2.00 bits per heavy atom. The molecular formula is C16H16Cl2N2. The van der Waals surface area contributed by atoms with E-state index in [0.717, 1.165) is 23.4 Å². The summed E-state index contributed by atoms with van der Waals surface area (Å²) in [4.78, 5) is 0. The van der Waals surface area contributed by atoms with Crippen molar-refractivity contribution in [1.29, 1.82) is 0 Å². The highest BCUT2D eigenvalue weighted by atomic mass is 35.5. The standard InChI is InChI=1S/C16H16Cl2N2/c17-12-5-6-15(18)11(7-12)9-16(20-19)14-8-10-3-1-2-4-13(10)14/h1-7,14,16,20H,8-9,19H2. The summed E-state index contributed by atoms with van der Waals surface area (Å²) >= 11 is 12.3. The maximum Gasteiger partial charge on any atom is 0.0439 e. The molecule has 2 aromatic carbocycles. The number of fused-ring (bicyclic) bond motifs is 1. The van der Waals surface area contributed by atoms with Gasteiger partial charge in [-0.3, -0.25) is 11.3 Å². The molecule has 2 aromatic rings. The van der Waals surface area contributed by atoms with Crippen LogP contribution in [-0.2, 0) is 12.8 Å². The molecule has 2 atom stereocenters. The fourth-order valence-corrected chi connectivity index (χ4v) is 3.30. The van der Waals surface area contributed by atoms with E-state index in [-0.39, 0.29) is 6.04 Å². The zero-order valence-corrected chi connectivity index (χ0v) is 12.5. The molecule has 1 aliphatic rings. The fraction of sp³-hybridized carbons (Fsp3) is 0.250. The molecule has 2 nitrogen and oxygen atoms in total. The molecule has 0 aliphatic heterocycles. The largest absolute Gasteiger partial charge is 0.271 e. The number of hydrogen-bond donors (Lipinski definition) is 2. The zero-order chi connectivity index (χ0) is 14.1. The molecular weight excluding hydrogens is 291 g/mol. The van der Waals surface area contributed by atoms with Gasteiger partial charge < -0.3 is 0 Å². The molecule has 104 valence electrons. The van der Waals surface area contributed by atoms with E-state index in [9.17, 15) is 0 Å². The molecule has 1 aliphatic carbocycles. The Labute approximate surface area is 128 Å². The van der Waals surface area contributed by atoms with Gasteiger partial charge in [0.2, 0.25) is 0 Å². The molecule has 0 aromatic heterocycles. The number of hydrazine groups is 1. The van der Waals surface area contributed by atoms with Crippen molar-refractivity contribution in [1.82, 2.24) is 5.43 Å². The highest BCUT2D eigenvalue weighted by molar-refractivity contribution is 6.33. The minimum atomic E-state index is 0.167. The van der Waals surface area contributed by atoms with Crippen LogP contribution in [0.2, 0.25) is 10.0 Å². The van der Waals surface area contributed by atoms with Crippen LogP contribution in [0.25, 0.3) is 0 Å². The lowest BCUT2D eigenvalue weighted by molar-refractivity contribution is 0.404. The summed E-state index contributed by atoms with van der Waals surface area (Å²) < 4.78 is 0. The van der Waals surface area contributed by atoms with Crippen LogP contribution in [0.15, 0.2) is 42.5 Å². The first-order chi connectivity index (χ1) is 9.69. The van der Waals surface area contributed by atoms with Crippen molar-refractivity contribution < 1.29 is 0 Å². The molecule has 0 fully saturated rings. The van der Waals surface area contributed by atoms with Crippen molar-refractivity contribution in [2.75, 3.05) is 0 Å². The Balaban J connectivity index is 1.81. The van der Waals surface area contributed by atoms with Gasteiger partial charge in [-0.25, -0.2) is 0 Å². The van der Waals surface area contributed by atoms with Gasteiger partial charge in [0, 0.05) is 22.0 Å². The minimum absolute atomic E-state index is 0.167. The molecule has 2 unspecified atom stereocenters. The number of nitrogens with one attached hydrogen (secondary N) is 1. The topological polar surface area (TPSA) is 38.0 Å². The van der Waals surface area contributed by atoms with Gasteiger partial charge in [0.15, 0.2) is 0 Å². The Hall–Kier alpha value is -1.06. The number of halogens is 2. The van der Waals surface area contributed by atoms with E-state index < -0.39 is 0 Å². The van der Waals surface area contributed by atoms with Crippen molar-refractivity contribution >= 4 is 23.2 Å². The Bertz CT molecular complexity index is 628. The third kappa shape index (κ3) is 2.57. The summed E-state index contributed by atoms with van der Waals surface area (Å²) in [6, 6.07) is 14.2. The van der Waals surface area contributed by atoms with E-state index in [0.29, 0.717) is 10.9 Å². The highest BCUT2D eigenvalue weighted by Gasteiger charge is 2.32. The lowest BCUT2D eigenvalue weighted by Gasteiger charge is -2.36. The fourth-order valence-electron chi connectivity index (χ4n) is 2.91. The smallest absolute Gasteiger partial charge is 0.0439 e. The van der Waals surface area contributed by atoms with Gasteiger partial charge in [-0.15, -0.1) is 0 Å². The average Bonchev–Trinajstić information content (AvgIpc) is 2.43. The molecule has 0 spiro atoms. The van der Waals surface area contributed by atoms with E-state index in [2.05, 4.69) is 29.7 Å². The Kier molecular flexibility index (Phi) is 3.99. The number of nitrogens with two attached hydrogens (primary N) is 1. The maximum absolute atomic E-state index is 6.24. The van der Waals surface area contributed by atoms with Crippen LogP contribution in [0, 0.1) is 0 Å². The Morgan fingerprint density at radius 1 is 1.20 bits per heavy atom. The zero-order valence-electron chi connectivity index (χ0n) is 10.9. The van der Waals surface area contributed by atoms with Crippen molar-refractivity contribution in [3.05, 3.63) is 69.2 Å². The first-order valence-electron chi connectivity index (χ1n) is 6.67. The molecule has 4 heteroatoms. The van der Waals surface area contributed by atoms with Crippen LogP contribution in [-0.4, -0.2) is 6.04 Å². The van der Waals surface area contributed by atoms with E-state index in [1.165, 1.54) is 11.1 Å². The predicted octanol–water partition coefficient (Wildman–Crippen LogP) is 3.71. The van der Waals surface area contributed by atoms with Gasteiger partial charge >= 0.3 is 0 Å². The van der Waals surface area contributed by atoms with Crippen molar-refractivity contribution in [3.8, 4) is 0 Å². The minimum Gasteiger partial charge on any atom is -0.271 e. The predicted molar refractivity (Wildman–Crippen MR) is 84.2 cm³/mol. The summed E-state index contributed by atoms with van der Waals surface area (Å²) in [6.07, 6.45) is 1.83. The van der Waals surface area contributed by atoms with Crippen LogP contribution >= 0.6 is 23.2 Å². The number of benzene rings is 2. The van der Waals surface area contributed by atoms with Crippen molar-refractivity contribution in [2.45, 2.75) is 24.8 Å². The van der Waals surface area contributed by atoms with Gasteiger partial charge in [0.25, 0.3) is 0 Å². The van der Waals surface area contributed by atoms with Crippen molar-refractivity contribution in [2.24, 2.45) is 5.84 Å². The molecule has 0 amide bonds. The first-order valence-corrected chi connectivity index (χ1v) is 7.42. The van der Waals surface area contributed by atoms with Crippen LogP contribution in [0.4, 0.5) is 0 Å². The highest BCUT2D eigenvalue weighted by Crippen LogP contribution is 2.38. The van der Waals surface area contributed by atoms with Crippen molar-refractivity contribution in [3.63, 3.8) is 0 Å². The van der Waals surface area contributed by atoms with Gasteiger partial charge in [-0.05, 0) is 47.7 Å². The van der Waals surface area contributed by atoms with Gasteiger partial charge in [-0.1, -0.05) is 47.5 Å². The number of hydrogen-bond acceptors (Lipinski definition) is 2. The quantitative estimate of drug-likeness (QED) is 0.667. The van der Waals surface area contributed by atoms with Gasteiger partial charge in [0.05, 0.1) is 0 Å². The SMILES string of the molecule is NNC(Cc1cc(Cl)ccc1Cl)C1Cc2ccccc21. The average molecular weight is 307 g/mol. The molecule has 0 heterocycles. The second-order valence-corrected chi connectivity index (χ2v) is 6.07. The van der Waals surface area contributed by atoms with E-state index in [1.807, 2.05) is 12.1 Å². The molecule has 0 saturated heterocycles. The van der Waals surface area contributed by atoms with E-state index in [4.69, 9.17) is 29.0 Å². The Morgan fingerprint density at radius 3 is 2.75 bits per heavy atom. The van der Waals surface area contributed by atoms with E-state index >= 15 is 0 Å². The summed E-state index contributed by atoms with van der Waals surface area (Å²) in [5.74, 6) is 6.19. The second kappa shape index (κ2) is 5.74. The molecule has 0 radical (unpaired) electrons. The van der Waals surface area contributed by atoms with Gasteiger partial charge in [0.1, 0.15) is 0 Å². The molecule has 20 heavy (non-hydrogen) atoms. The normalized spacial score (nSPS) is 18.2. The molecule has 3 N–H and O–H groups in total. The van der Waals surface area contributed by atoms with Crippen LogP contribution in [0.3, 0.4) is 0 Å². The first kappa shape index (κ1) is 13.9. The van der Waals surface area contributed by atoms with Gasteiger partial charge in [-0.2, -0.15) is 0 Å². The lowest BCUT2D eigenvalue weighted by Crippen LogP contribution is -2.45. The lowest BCUT2D eigenvalue weighted by atomic mass is 9.72. The summed E-state index contributed by atoms with van der Waals surface area (Å²) in [7, 11) is 0. The second-order valence-electron chi connectivity index (χ2n) is 5.22. The number of rotatable bonds is 4. The van der Waals surface area contributed by atoms with Crippen LogP contribution in [0.1, 0.15) is 22.6 Å². The third-order valence-electron chi connectivity index (χ3n) is 4.04.